The van der Waals surface area contributed by atoms with E-state index in [1.807, 2.05) is 0 Å². The molecule has 2 N–H and O–H groups in total. The van der Waals surface area contributed by atoms with Crippen LogP contribution in [0.5, 0.6) is 0 Å². The number of likely N-dealkylation sites (tertiary alicyclic amines) is 1. The van der Waals surface area contributed by atoms with Crippen LogP contribution >= 0.6 is 15.9 Å². The third-order valence-electron chi connectivity index (χ3n) is 4.27. The van der Waals surface area contributed by atoms with Gasteiger partial charge in [-0.25, -0.2) is 0 Å². The molecule has 1 fully saturated rings. The van der Waals surface area contributed by atoms with Crippen LogP contribution in [0.3, 0.4) is 0 Å². The molecule has 0 radical (unpaired) electrons. The van der Waals surface area contributed by atoms with Gasteiger partial charge >= 0.3 is 0 Å². The van der Waals surface area contributed by atoms with Crippen molar-refractivity contribution in [3.63, 3.8) is 0 Å². The van der Waals surface area contributed by atoms with Crippen LogP contribution < -0.4 is 5.73 Å². The first-order valence-electron chi connectivity index (χ1n) is 6.51. The standard InChI is InChI=1S/C14H19BrN2/c15-13-3-1-2-12-11(13)4-5-14(12)17-7-6-10(8-16)9-17/h1-3,10,14H,4-9,16H2. The molecule has 3 heteroatoms. The van der Waals surface area contributed by atoms with Gasteiger partial charge in [0.25, 0.3) is 0 Å². The Labute approximate surface area is 111 Å². The van der Waals surface area contributed by atoms with Crippen molar-refractivity contribution in [3.05, 3.63) is 33.8 Å². The van der Waals surface area contributed by atoms with Crippen LogP contribution in [0.4, 0.5) is 0 Å². The Morgan fingerprint density at radius 1 is 1.35 bits per heavy atom. The highest BCUT2D eigenvalue weighted by atomic mass is 79.9. The van der Waals surface area contributed by atoms with E-state index in [1.54, 1.807) is 0 Å². The van der Waals surface area contributed by atoms with Crippen molar-refractivity contribution in [3.8, 4) is 0 Å². The number of rotatable bonds is 2. The summed E-state index contributed by atoms with van der Waals surface area (Å²) in [5.41, 5.74) is 8.84. The van der Waals surface area contributed by atoms with Crippen molar-refractivity contribution in [2.24, 2.45) is 11.7 Å². The zero-order chi connectivity index (χ0) is 11.8. The molecule has 1 saturated heterocycles. The molecular formula is C14H19BrN2. The van der Waals surface area contributed by atoms with Crippen molar-refractivity contribution in [1.29, 1.82) is 0 Å². The van der Waals surface area contributed by atoms with E-state index in [2.05, 4.69) is 39.0 Å². The van der Waals surface area contributed by atoms with E-state index in [9.17, 15) is 0 Å². The normalized spacial score (nSPS) is 28.6. The highest BCUT2D eigenvalue weighted by molar-refractivity contribution is 9.10. The Balaban J connectivity index is 1.82. The number of halogens is 1. The molecule has 0 amide bonds. The molecule has 2 unspecified atom stereocenters. The van der Waals surface area contributed by atoms with Gasteiger partial charge in [0.1, 0.15) is 0 Å². The summed E-state index contributed by atoms with van der Waals surface area (Å²) in [4.78, 5) is 2.63. The van der Waals surface area contributed by atoms with Gasteiger partial charge in [0.2, 0.25) is 0 Å². The zero-order valence-electron chi connectivity index (χ0n) is 10.0. The van der Waals surface area contributed by atoms with Crippen LogP contribution in [0.1, 0.15) is 30.0 Å². The number of nitrogens with zero attached hydrogens (tertiary/aromatic N) is 1. The molecule has 1 aromatic carbocycles. The van der Waals surface area contributed by atoms with Gasteiger partial charge in [0.05, 0.1) is 0 Å². The van der Waals surface area contributed by atoms with Crippen LogP contribution in [-0.4, -0.2) is 24.5 Å². The lowest BCUT2D eigenvalue weighted by atomic mass is 10.1. The van der Waals surface area contributed by atoms with E-state index in [0.717, 1.165) is 6.54 Å². The first kappa shape index (κ1) is 11.7. The minimum absolute atomic E-state index is 0.638. The molecular weight excluding hydrogens is 276 g/mol. The average Bonchev–Trinajstić information content (AvgIpc) is 2.94. The first-order valence-corrected chi connectivity index (χ1v) is 7.30. The number of benzene rings is 1. The molecule has 1 aromatic rings. The maximum atomic E-state index is 5.78. The lowest BCUT2D eigenvalue weighted by Crippen LogP contribution is -2.26. The van der Waals surface area contributed by atoms with Gasteiger partial charge in [0.15, 0.2) is 0 Å². The van der Waals surface area contributed by atoms with E-state index in [4.69, 9.17) is 5.73 Å². The quantitative estimate of drug-likeness (QED) is 0.909. The van der Waals surface area contributed by atoms with Crippen molar-refractivity contribution in [2.45, 2.75) is 25.3 Å². The fourth-order valence-corrected chi connectivity index (χ4v) is 3.88. The van der Waals surface area contributed by atoms with Crippen molar-refractivity contribution < 1.29 is 0 Å². The Morgan fingerprint density at radius 2 is 2.24 bits per heavy atom. The van der Waals surface area contributed by atoms with Gasteiger partial charge in [-0.05, 0) is 55.5 Å². The second kappa shape index (κ2) is 4.71. The summed E-state index contributed by atoms with van der Waals surface area (Å²) in [6.07, 6.45) is 3.76. The molecule has 17 heavy (non-hydrogen) atoms. The SMILES string of the molecule is NCC1CCN(C2CCc3c(Br)cccc32)C1. The lowest BCUT2D eigenvalue weighted by Gasteiger charge is -2.24. The van der Waals surface area contributed by atoms with Gasteiger partial charge < -0.3 is 5.73 Å². The van der Waals surface area contributed by atoms with Gasteiger partial charge in [-0.2, -0.15) is 0 Å². The maximum absolute atomic E-state index is 5.78. The number of hydrogen-bond acceptors (Lipinski definition) is 2. The van der Waals surface area contributed by atoms with Crippen LogP contribution in [0.15, 0.2) is 22.7 Å². The summed E-state index contributed by atoms with van der Waals surface area (Å²) >= 11 is 3.67. The summed E-state index contributed by atoms with van der Waals surface area (Å²) in [6, 6.07) is 7.26. The second-order valence-corrected chi connectivity index (χ2v) is 6.10. The van der Waals surface area contributed by atoms with Crippen molar-refractivity contribution in [1.82, 2.24) is 4.90 Å². The zero-order valence-corrected chi connectivity index (χ0v) is 11.6. The topological polar surface area (TPSA) is 29.3 Å². The minimum Gasteiger partial charge on any atom is -0.330 e. The van der Waals surface area contributed by atoms with Crippen LogP contribution in [0.25, 0.3) is 0 Å². The average molecular weight is 295 g/mol. The van der Waals surface area contributed by atoms with E-state index in [1.165, 1.54) is 48.0 Å². The predicted molar refractivity (Wildman–Crippen MR) is 73.9 cm³/mol. The molecule has 0 saturated carbocycles. The Bertz CT molecular complexity index is 419. The fraction of sp³-hybridized carbons (Fsp3) is 0.571. The molecule has 0 spiro atoms. The Hall–Kier alpha value is -0.380. The third-order valence-corrected chi connectivity index (χ3v) is 5.02. The molecule has 0 bridgehead atoms. The molecule has 3 rings (SSSR count). The molecule has 1 aliphatic carbocycles. The third kappa shape index (κ3) is 2.05. The van der Waals surface area contributed by atoms with Crippen LogP contribution in [-0.2, 0) is 6.42 Å². The number of fused-ring (bicyclic) bond motifs is 1. The summed E-state index contributed by atoms with van der Waals surface area (Å²) in [5, 5.41) is 0. The summed E-state index contributed by atoms with van der Waals surface area (Å²) in [7, 11) is 0. The van der Waals surface area contributed by atoms with Crippen LogP contribution in [0, 0.1) is 5.92 Å². The monoisotopic (exact) mass is 294 g/mol. The Kier molecular flexibility index (Phi) is 3.24. The van der Waals surface area contributed by atoms with Crippen molar-refractivity contribution >= 4 is 15.9 Å². The highest BCUT2D eigenvalue weighted by Crippen LogP contribution is 2.40. The van der Waals surface area contributed by atoms with E-state index in [-0.39, 0.29) is 0 Å². The summed E-state index contributed by atoms with van der Waals surface area (Å²) in [6.45, 7) is 3.25. The lowest BCUT2D eigenvalue weighted by molar-refractivity contribution is 0.236. The van der Waals surface area contributed by atoms with Gasteiger partial charge in [-0.3, -0.25) is 4.90 Å². The molecule has 1 heterocycles. The first-order chi connectivity index (χ1) is 8.29. The molecule has 2 nitrogen and oxygen atoms in total. The minimum atomic E-state index is 0.638. The summed E-state index contributed by atoms with van der Waals surface area (Å²) < 4.78 is 1.28. The summed E-state index contributed by atoms with van der Waals surface area (Å²) in [5.74, 6) is 0.714. The highest BCUT2D eigenvalue weighted by Gasteiger charge is 2.33. The fourth-order valence-electron chi connectivity index (χ4n) is 3.31. The largest absolute Gasteiger partial charge is 0.330 e. The van der Waals surface area contributed by atoms with Gasteiger partial charge in [-0.15, -0.1) is 0 Å². The predicted octanol–water partition coefficient (Wildman–Crippen LogP) is 2.72. The maximum Gasteiger partial charge on any atom is 0.0354 e. The number of hydrogen-bond donors (Lipinski definition) is 1. The molecule has 2 aliphatic rings. The number of nitrogens with two attached hydrogens (primary N) is 1. The van der Waals surface area contributed by atoms with E-state index < -0.39 is 0 Å². The second-order valence-electron chi connectivity index (χ2n) is 5.25. The van der Waals surface area contributed by atoms with Crippen molar-refractivity contribution in [2.75, 3.05) is 19.6 Å². The Morgan fingerprint density at radius 3 is 3.00 bits per heavy atom. The molecule has 1 aliphatic heterocycles. The van der Waals surface area contributed by atoms with Crippen LogP contribution in [0.2, 0.25) is 0 Å². The van der Waals surface area contributed by atoms with E-state index >= 15 is 0 Å². The van der Waals surface area contributed by atoms with Gasteiger partial charge in [-0.1, -0.05) is 28.1 Å². The molecule has 92 valence electrons. The smallest absolute Gasteiger partial charge is 0.0354 e. The van der Waals surface area contributed by atoms with Gasteiger partial charge in [0, 0.05) is 17.1 Å². The molecule has 0 aromatic heterocycles. The molecule has 2 atom stereocenters. The van der Waals surface area contributed by atoms with E-state index in [0.29, 0.717) is 12.0 Å².